The number of benzene rings is 2. The molecule has 1 amide bonds. The quantitative estimate of drug-likeness (QED) is 0.767. The number of amides is 1. The lowest BCUT2D eigenvalue weighted by Crippen LogP contribution is -2.15. The normalized spacial score (nSPS) is 10.1. The summed E-state index contributed by atoms with van der Waals surface area (Å²) in [6.07, 6.45) is 0. The number of aryl methyl sites for hydroxylation is 1. The molecule has 8 heteroatoms. The van der Waals surface area contributed by atoms with Crippen molar-refractivity contribution >= 4 is 17.6 Å². The maximum atomic E-state index is 12.8. The van der Waals surface area contributed by atoms with E-state index in [2.05, 4.69) is 5.32 Å². The zero-order valence-corrected chi connectivity index (χ0v) is 15.7. The molecule has 0 aliphatic heterocycles. The average molecular weight is 375 g/mol. The number of carboxylic acid groups (broad SMARTS) is 1. The first kappa shape index (κ1) is 19.9. The number of nitrogens with one attached hydrogen (secondary N) is 1. The number of hydrogen-bond acceptors (Lipinski definition) is 6. The molecule has 0 fully saturated rings. The minimum absolute atomic E-state index is 0.0491. The Kier molecular flexibility index (Phi) is 6.12. The van der Waals surface area contributed by atoms with Crippen molar-refractivity contribution in [2.45, 2.75) is 6.92 Å². The maximum Gasteiger partial charge on any atom is 0.335 e. The van der Waals surface area contributed by atoms with E-state index in [1.54, 1.807) is 19.1 Å². The number of carbonyl (C=O) groups is 2. The fourth-order valence-corrected chi connectivity index (χ4v) is 2.60. The molecule has 0 heterocycles. The Morgan fingerprint density at radius 1 is 0.852 bits per heavy atom. The van der Waals surface area contributed by atoms with Crippen molar-refractivity contribution in [2.24, 2.45) is 0 Å². The number of carbonyl (C=O) groups excluding carboxylic acids is 1. The van der Waals surface area contributed by atoms with Gasteiger partial charge in [0.05, 0.1) is 39.7 Å². The van der Waals surface area contributed by atoms with Gasteiger partial charge < -0.3 is 29.4 Å². The molecule has 0 unspecified atom stereocenters. The van der Waals surface area contributed by atoms with Crippen LogP contribution in [0.1, 0.15) is 26.3 Å². The molecule has 0 radical (unpaired) electrons. The molecule has 0 aliphatic carbocycles. The van der Waals surface area contributed by atoms with Crippen LogP contribution >= 0.6 is 0 Å². The molecule has 0 spiro atoms. The molecular formula is C19H21NO7. The van der Waals surface area contributed by atoms with E-state index < -0.39 is 11.9 Å². The predicted octanol–water partition coefficient (Wildman–Crippen LogP) is 2.98. The van der Waals surface area contributed by atoms with E-state index in [0.29, 0.717) is 22.6 Å². The standard InChI is InChI=1S/C19H21NO7/c1-10-6-14(24-2)15(25-3)9-12(10)18(21)20-13-7-11(19(22)23)8-16(26-4)17(13)27-5/h6-9H,1-5H3,(H,20,21)(H,22,23). The van der Waals surface area contributed by atoms with E-state index in [4.69, 9.17) is 18.9 Å². The lowest BCUT2D eigenvalue weighted by molar-refractivity contribution is 0.0696. The van der Waals surface area contributed by atoms with Crippen LogP contribution < -0.4 is 24.3 Å². The molecule has 2 aromatic carbocycles. The highest BCUT2D eigenvalue weighted by Crippen LogP contribution is 2.37. The monoisotopic (exact) mass is 375 g/mol. The molecule has 2 rings (SSSR count). The van der Waals surface area contributed by atoms with Crippen LogP contribution in [-0.4, -0.2) is 45.4 Å². The lowest BCUT2D eigenvalue weighted by Gasteiger charge is -2.16. The van der Waals surface area contributed by atoms with Crippen molar-refractivity contribution in [1.82, 2.24) is 0 Å². The summed E-state index contributed by atoms with van der Waals surface area (Å²) in [4.78, 5) is 24.1. The molecule has 0 aliphatic rings. The van der Waals surface area contributed by atoms with Crippen LogP contribution in [-0.2, 0) is 0 Å². The van der Waals surface area contributed by atoms with Crippen LogP contribution in [0, 0.1) is 6.92 Å². The van der Waals surface area contributed by atoms with Crippen molar-refractivity contribution in [1.29, 1.82) is 0 Å². The Balaban J connectivity index is 2.49. The molecule has 0 saturated heterocycles. The van der Waals surface area contributed by atoms with Gasteiger partial charge in [-0.1, -0.05) is 0 Å². The SMILES string of the molecule is COc1cc(C)c(C(=O)Nc2cc(C(=O)O)cc(OC)c2OC)cc1OC. The predicted molar refractivity (Wildman–Crippen MR) is 98.7 cm³/mol. The van der Waals surface area contributed by atoms with Gasteiger partial charge in [-0.05, 0) is 36.8 Å². The van der Waals surface area contributed by atoms with Crippen LogP contribution in [0.25, 0.3) is 0 Å². The number of rotatable bonds is 7. The Labute approximate surface area is 156 Å². The third-order valence-corrected chi connectivity index (χ3v) is 3.95. The average Bonchev–Trinajstić information content (AvgIpc) is 2.66. The van der Waals surface area contributed by atoms with E-state index in [9.17, 15) is 14.7 Å². The van der Waals surface area contributed by atoms with Crippen LogP contribution in [0.4, 0.5) is 5.69 Å². The van der Waals surface area contributed by atoms with E-state index in [1.807, 2.05) is 0 Å². The second-order valence-electron chi connectivity index (χ2n) is 5.54. The highest BCUT2D eigenvalue weighted by atomic mass is 16.5. The zero-order valence-electron chi connectivity index (χ0n) is 15.7. The van der Waals surface area contributed by atoms with E-state index >= 15 is 0 Å². The first-order valence-corrected chi connectivity index (χ1v) is 7.89. The largest absolute Gasteiger partial charge is 0.493 e. The number of carboxylic acids is 1. The van der Waals surface area contributed by atoms with E-state index in [1.165, 1.54) is 40.6 Å². The first-order valence-electron chi connectivity index (χ1n) is 7.89. The molecule has 8 nitrogen and oxygen atoms in total. The minimum atomic E-state index is -1.16. The molecule has 0 saturated carbocycles. The molecule has 0 atom stereocenters. The fourth-order valence-electron chi connectivity index (χ4n) is 2.60. The summed E-state index contributed by atoms with van der Waals surface area (Å²) >= 11 is 0. The van der Waals surface area contributed by atoms with Gasteiger partial charge in [-0.2, -0.15) is 0 Å². The van der Waals surface area contributed by atoms with Crippen molar-refractivity contribution < 1.29 is 33.6 Å². The van der Waals surface area contributed by atoms with E-state index in [0.717, 1.165) is 0 Å². The Morgan fingerprint density at radius 3 is 1.96 bits per heavy atom. The Morgan fingerprint density at radius 2 is 1.44 bits per heavy atom. The van der Waals surface area contributed by atoms with Gasteiger partial charge in [-0.15, -0.1) is 0 Å². The molecule has 27 heavy (non-hydrogen) atoms. The van der Waals surface area contributed by atoms with Gasteiger partial charge in [0.2, 0.25) is 0 Å². The Hall–Kier alpha value is -3.42. The summed E-state index contributed by atoms with van der Waals surface area (Å²) in [7, 11) is 5.76. The topological polar surface area (TPSA) is 103 Å². The molecule has 2 N–H and O–H groups in total. The van der Waals surface area contributed by atoms with Gasteiger partial charge in [-0.25, -0.2) is 4.79 Å². The highest BCUT2D eigenvalue weighted by Gasteiger charge is 2.20. The number of anilines is 1. The second-order valence-corrected chi connectivity index (χ2v) is 5.54. The number of aromatic carboxylic acids is 1. The summed E-state index contributed by atoms with van der Waals surface area (Å²) in [6.45, 7) is 1.75. The van der Waals surface area contributed by atoms with Gasteiger partial charge in [0.1, 0.15) is 0 Å². The maximum absolute atomic E-state index is 12.8. The smallest absolute Gasteiger partial charge is 0.335 e. The molecule has 144 valence electrons. The number of methoxy groups -OCH3 is 4. The van der Waals surface area contributed by atoms with Crippen molar-refractivity contribution in [3.05, 3.63) is 41.0 Å². The summed E-state index contributed by atoms with van der Waals surface area (Å²) in [5.41, 5.74) is 1.13. The molecule has 0 bridgehead atoms. The van der Waals surface area contributed by atoms with Crippen molar-refractivity contribution in [3.8, 4) is 23.0 Å². The van der Waals surface area contributed by atoms with Crippen LogP contribution in [0.2, 0.25) is 0 Å². The van der Waals surface area contributed by atoms with Gasteiger partial charge in [0, 0.05) is 5.56 Å². The van der Waals surface area contributed by atoms with Gasteiger partial charge in [0.15, 0.2) is 23.0 Å². The van der Waals surface area contributed by atoms with Crippen molar-refractivity contribution in [2.75, 3.05) is 33.8 Å². The van der Waals surface area contributed by atoms with Gasteiger partial charge in [0.25, 0.3) is 5.91 Å². The van der Waals surface area contributed by atoms with Crippen LogP contribution in [0.3, 0.4) is 0 Å². The fraction of sp³-hybridized carbons (Fsp3) is 0.263. The Bertz CT molecular complexity index is 877. The number of ether oxygens (including phenoxy) is 4. The summed E-state index contributed by atoms with van der Waals surface area (Å²) in [6, 6.07) is 5.85. The second kappa shape index (κ2) is 8.31. The third kappa shape index (κ3) is 4.05. The van der Waals surface area contributed by atoms with Gasteiger partial charge in [-0.3, -0.25) is 4.79 Å². The molecule has 0 aromatic heterocycles. The lowest BCUT2D eigenvalue weighted by atomic mass is 10.1. The van der Waals surface area contributed by atoms with Crippen molar-refractivity contribution in [3.63, 3.8) is 0 Å². The minimum Gasteiger partial charge on any atom is -0.493 e. The third-order valence-electron chi connectivity index (χ3n) is 3.95. The van der Waals surface area contributed by atoms with Gasteiger partial charge >= 0.3 is 5.97 Å². The highest BCUT2D eigenvalue weighted by molar-refractivity contribution is 6.07. The zero-order chi connectivity index (χ0) is 20.1. The number of hydrogen-bond donors (Lipinski definition) is 2. The van der Waals surface area contributed by atoms with Crippen LogP contribution in [0.5, 0.6) is 23.0 Å². The summed E-state index contributed by atoms with van der Waals surface area (Å²) < 4.78 is 20.9. The summed E-state index contributed by atoms with van der Waals surface area (Å²) in [5, 5.41) is 11.9. The summed E-state index contributed by atoms with van der Waals surface area (Å²) in [5.74, 6) is -0.313. The molecular weight excluding hydrogens is 354 g/mol. The molecule has 2 aromatic rings. The van der Waals surface area contributed by atoms with E-state index in [-0.39, 0.29) is 22.7 Å². The first-order chi connectivity index (χ1) is 12.9. The van der Waals surface area contributed by atoms with Crippen LogP contribution in [0.15, 0.2) is 24.3 Å².